The number of hydrogen-bond donors (Lipinski definition) is 3. The highest BCUT2D eigenvalue weighted by molar-refractivity contribution is 9.10. The largest absolute Gasteiger partial charge is 0.394 e. The van der Waals surface area contributed by atoms with Gasteiger partial charge in [-0.15, -0.1) is 0 Å². The summed E-state index contributed by atoms with van der Waals surface area (Å²) in [7, 11) is 0. The second kappa shape index (κ2) is 8.20. The summed E-state index contributed by atoms with van der Waals surface area (Å²) < 4.78 is 14.8. The SMILES string of the molecule is C[C@@H](CO)Nc1nc(Nc2ccc(Br)cc2F)cc(-c2cccnc2)n1. The Hall–Kier alpha value is -2.58. The molecule has 134 valence electrons. The Morgan fingerprint density at radius 1 is 1.23 bits per heavy atom. The van der Waals surface area contributed by atoms with E-state index in [9.17, 15) is 9.50 Å². The van der Waals surface area contributed by atoms with E-state index in [2.05, 4.69) is 41.5 Å². The molecule has 0 saturated carbocycles. The van der Waals surface area contributed by atoms with Crippen molar-refractivity contribution in [3.63, 3.8) is 0 Å². The maximum atomic E-state index is 14.1. The molecule has 0 aliphatic carbocycles. The normalized spacial score (nSPS) is 11.8. The molecule has 3 aromatic rings. The number of halogens is 2. The summed E-state index contributed by atoms with van der Waals surface area (Å²) in [6.45, 7) is 1.74. The molecule has 8 heteroatoms. The van der Waals surface area contributed by atoms with Gasteiger partial charge in [0.15, 0.2) is 0 Å². The number of nitrogens with one attached hydrogen (secondary N) is 2. The minimum Gasteiger partial charge on any atom is -0.394 e. The average Bonchev–Trinajstić information content (AvgIpc) is 2.64. The standard InChI is InChI=1S/C18H17BrFN5O/c1-11(10-26)22-18-24-16(12-3-2-6-21-9-12)8-17(25-18)23-15-5-4-13(19)7-14(15)20/h2-9,11,26H,10H2,1H3,(H2,22,23,24,25)/t11-/m0/s1. The van der Waals surface area contributed by atoms with Gasteiger partial charge < -0.3 is 15.7 Å². The van der Waals surface area contributed by atoms with Crippen LogP contribution in [0.1, 0.15) is 6.92 Å². The molecular formula is C18H17BrFN5O. The first-order valence-electron chi connectivity index (χ1n) is 7.94. The third kappa shape index (κ3) is 4.53. The van der Waals surface area contributed by atoms with Crippen molar-refractivity contribution in [2.75, 3.05) is 17.2 Å². The Morgan fingerprint density at radius 3 is 2.77 bits per heavy atom. The molecule has 0 aliphatic heterocycles. The van der Waals surface area contributed by atoms with Gasteiger partial charge in [0.1, 0.15) is 11.6 Å². The third-order valence-corrected chi connectivity index (χ3v) is 4.02. The number of hydrogen-bond acceptors (Lipinski definition) is 6. The number of aromatic nitrogens is 3. The molecule has 0 saturated heterocycles. The smallest absolute Gasteiger partial charge is 0.225 e. The monoisotopic (exact) mass is 417 g/mol. The number of rotatable bonds is 6. The molecule has 2 heterocycles. The molecule has 0 amide bonds. The average molecular weight is 418 g/mol. The van der Waals surface area contributed by atoms with E-state index in [1.165, 1.54) is 6.07 Å². The van der Waals surface area contributed by atoms with E-state index in [-0.39, 0.29) is 12.6 Å². The Bertz CT molecular complexity index is 894. The molecule has 0 spiro atoms. The maximum Gasteiger partial charge on any atom is 0.225 e. The number of anilines is 3. The molecule has 0 aliphatic rings. The summed E-state index contributed by atoms with van der Waals surface area (Å²) in [6, 6.07) is 9.90. The zero-order chi connectivity index (χ0) is 18.5. The van der Waals surface area contributed by atoms with Gasteiger partial charge in [-0.05, 0) is 37.3 Å². The number of benzene rings is 1. The first-order valence-corrected chi connectivity index (χ1v) is 8.73. The van der Waals surface area contributed by atoms with Gasteiger partial charge in [-0.3, -0.25) is 4.98 Å². The van der Waals surface area contributed by atoms with Crippen LogP contribution in [0.3, 0.4) is 0 Å². The fourth-order valence-electron chi connectivity index (χ4n) is 2.23. The van der Waals surface area contributed by atoms with Crippen molar-refractivity contribution >= 4 is 33.4 Å². The van der Waals surface area contributed by atoms with Gasteiger partial charge in [-0.2, -0.15) is 4.98 Å². The Balaban J connectivity index is 1.98. The lowest BCUT2D eigenvalue weighted by Crippen LogP contribution is -2.21. The quantitative estimate of drug-likeness (QED) is 0.562. The number of aliphatic hydroxyl groups is 1. The lowest BCUT2D eigenvalue weighted by Gasteiger charge is -2.14. The summed E-state index contributed by atoms with van der Waals surface area (Å²) in [6.07, 6.45) is 3.36. The molecule has 1 aromatic carbocycles. The molecule has 0 unspecified atom stereocenters. The molecular weight excluding hydrogens is 401 g/mol. The van der Waals surface area contributed by atoms with Crippen molar-refractivity contribution in [3.8, 4) is 11.3 Å². The Labute approximate surface area is 158 Å². The van der Waals surface area contributed by atoms with Crippen molar-refractivity contribution in [1.82, 2.24) is 15.0 Å². The molecule has 26 heavy (non-hydrogen) atoms. The number of nitrogens with zero attached hydrogens (tertiary/aromatic N) is 3. The van der Waals surface area contributed by atoms with Gasteiger partial charge in [0, 0.05) is 34.5 Å². The zero-order valence-corrected chi connectivity index (χ0v) is 15.5. The molecule has 3 rings (SSSR count). The minimum absolute atomic E-state index is 0.0649. The van der Waals surface area contributed by atoms with Gasteiger partial charge in [-0.1, -0.05) is 15.9 Å². The van der Waals surface area contributed by atoms with Crippen LogP contribution >= 0.6 is 15.9 Å². The maximum absolute atomic E-state index is 14.1. The molecule has 2 aromatic heterocycles. The van der Waals surface area contributed by atoms with Gasteiger partial charge in [0.25, 0.3) is 0 Å². The lowest BCUT2D eigenvalue weighted by atomic mass is 10.2. The van der Waals surface area contributed by atoms with E-state index < -0.39 is 5.82 Å². The summed E-state index contributed by atoms with van der Waals surface area (Å²) in [5, 5.41) is 15.2. The highest BCUT2D eigenvalue weighted by Gasteiger charge is 2.11. The predicted molar refractivity (Wildman–Crippen MR) is 103 cm³/mol. The van der Waals surface area contributed by atoms with Gasteiger partial charge in [0.05, 0.1) is 18.0 Å². The van der Waals surface area contributed by atoms with E-state index in [1.54, 1.807) is 30.6 Å². The fourth-order valence-corrected chi connectivity index (χ4v) is 2.57. The topological polar surface area (TPSA) is 83.0 Å². The van der Waals surface area contributed by atoms with Crippen LogP contribution in [0.25, 0.3) is 11.3 Å². The molecule has 1 atom stereocenters. The van der Waals surface area contributed by atoms with Crippen LogP contribution in [-0.2, 0) is 0 Å². The van der Waals surface area contributed by atoms with E-state index in [1.807, 2.05) is 19.1 Å². The lowest BCUT2D eigenvalue weighted by molar-refractivity contribution is 0.281. The molecule has 0 bridgehead atoms. The van der Waals surface area contributed by atoms with E-state index in [0.717, 1.165) is 5.56 Å². The zero-order valence-electron chi connectivity index (χ0n) is 13.9. The minimum atomic E-state index is -0.404. The van der Waals surface area contributed by atoms with E-state index >= 15 is 0 Å². The highest BCUT2D eigenvalue weighted by Crippen LogP contribution is 2.26. The second-order valence-corrected chi connectivity index (χ2v) is 6.60. The fraction of sp³-hybridized carbons (Fsp3) is 0.167. The van der Waals surface area contributed by atoms with Crippen LogP contribution in [0.15, 0.2) is 53.3 Å². The number of pyridine rings is 1. The summed E-state index contributed by atoms with van der Waals surface area (Å²) >= 11 is 3.24. The Morgan fingerprint density at radius 2 is 2.08 bits per heavy atom. The van der Waals surface area contributed by atoms with Crippen molar-refractivity contribution < 1.29 is 9.50 Å². The van der Waals surface area contributed by atoms with Crippen molar-refractivity contribution in [1.29, 1.82) is 0 Å². The molecule has 0 radical (unpaired) electrons. The molecule has 3 N–H and O–H groups in total. The summed E-state index contributed by atoms with van der Waals surface area (Å²) in [4.78, 5) is 12.9. The van der Waals surface area contributed by atoms with Crippen molar-refractivity contribution in [2.24, 2.45) is 0 Å². The van der Waals surface area contributed by atoms with E-state index in [4.69, 9.17) is 0 Å². The Kier molecular flexibility index (Phi) is 5.75. The van der Waals surface area contributed by atoms with E-state index in [0.29, 0.717) is 27.6 Å². The molecule has 6 nitrogen and oxygen atoms in total. The van der Waals surface area contributed by atoms with Crippen LogP contribution in [0.5, 0.6) is 0 Å². The van der Waals surface area contributed by atoms with Crippen LogP contribution in [0.2, 0.25) is 0 Å². The van der Waals surface area contributed by atoms with Crippen LogP contribution in [-0.4, -0.2) is 32.7 Å². The first-order chi connectivity index (χ1) is 12.5. The van der Waals surface area contributed by atoms with Gasteiger partial charge >= 0.3 is 0 Å². The van der Waals surface area contributed by atoms with Gasteiger partial charge in [-0.25, -0.2) is 9.37 Å². The summed E-state index contributed by atoms with van der Waals surface area (Å²) in [5.41, 5.74) is 1.72. The van der Waals surface area contributed by atoms with Crippen LogP contribution in [0, 0.1) is 5.82 Å². The highest BCUT2D eigenvalue weighted by atomic mass is 79.9. The van der Waals surface area contributed by atoms with Crippen molar-refractivity contribution in [3.05, 3.63) is 59.1 Å². The predicted octanol–water partition coefficient (Wildman–Crippen LogP) is 3.98. The van der Waals surface area contributed by atoms with Gasteiger partial charge in [0.2, 0.25) is 5.95 Å². The van der Waals surface area contributed by atoms with Crippen LogP contribution < -0.4 is 10.6 Å². The van der Waals surface area contributed by atoms with Crippen LogP contribution in [0.4, 0.5) is 21.8 Å². The second-order valence-electron chi connectivity index (χ2n) is 5.68. The van der Waals surface area contributed by atoms with Crippen molar-refractivity contribution in [2.45, 2.75) is 13.0 Å². The summed E-state index contributed by atoms with van der Waals surface area (Å²) in [5.74, 6) is 0.347. The number of aliphatic hydroxyl groups excluding tert-OH is 1. The first kappa shape index (κ1) is 18.2. The third-order valence-electron chi connectivity index (χ3n) is 3.53. The molecule has 0 fully saturated rings.